The summed E-state index contributed by atoms with van der Waals surface area (Å²) in [6.07, 6.45) is 1.14. The van der Waals surface area contributed by atoms with E-state index < -0.39 is 0 Å². The molecule has 0 aromatic carbocycles. The van der Waals surface area contributed by atoms with E-state index in [1.807, 2.05) is 6.92 Å². The Morgan fingerprint density at radius 2 is 2.00 bits per heavy atom. The van der Waals surface area contributed by atoms with E-state index in [4.69, 9.17) is 5.11 Å². The van der Waals surface area contributed by atoms with E-state index in [1.54, 1.807) is 0 Å². The number of aliphatic hydroxyl groups is 1. The van der Waals surface area contributed by atoms with Gasteiger partial charge < -0.3 is 5.11 Å². The Morgan fingerprint density at radius 1 is 1.50 bits per heavy atom. The van der Waals surface area contributed by atoms with Crippen LogP contribution in [-0.2, 0) is 0 Å². The maximum Gasteiger partial charge on any atom is 0.0829 e. The first-order valence-electron chi connectivity index (χ1n) is 3.19. The predicted octanol–water partition coefficient (Wildman–Crippen LogP) is 2.20. The molecule has 0 aliphatic rings. The Hall–Kier alpha value is -0.0400. The third-order valence-electron chi connectivity index (χ3n) is 1.78. The lowest BCUT2D eigenvalue weighted by molar-refractivity contribution is 0.269. The van der Waals surface area contributed by atoms with Crippen molar-refractivity contribution in [1.29, 1.82) is 0 Å². The smallest absolute Gasteiger partial charge is 0.0829 e. The second-order valence-corrected chi connectivity index (χ2v) is 2.39. The maximum atomic E-state index is 8.51. The minimum absolute atomic E-state index is 0.347. The van der Waals surface area contributed by atoms with Crippen LogP contribution >= 0.6 is 0 Å². The fraction of sp³-hybridized carbons (Fsp3) is 0.857. The fourth-order valence-corrected chi connectivity index (χ4v) is 0.519. The number of hydrogen-bond donors (Lipinski definition) is 1. The molecular formula is C7H15O. The first-order chi connectivity index (χ1) is 3.72. The van der Waals surface area contributed by atoms with Gasteiger partial charge in [-0.2, -0.15) is 0 Å². The lowest BCUT2D eigenvalue weighted by atomic mass is 9.95. The van der Waals surface area contributed by atoms with E-state index in [1.165, 1.54) is 6.61 Å². The van der Waals surface area contributed by atoms with Gasteiger partial charge in [0.2, 0.25) is 0 Å². The molecule has 0 aromatic rings. The topological polar surface area (TPSA) is 20.2 Å². The van der Waals surface area contributed by atoms with E-state index in [-0.39, 0.29) is 0 Å². The lowest BCUT2D eigenvalue weighted by Gasteiger charge is -2.13. The van der Waals surface area contributed by atoms with Crippen molar-refractivity contribution in [3.63, 3.8) is 0 Å². The van der Waals surface area contributed by atoms with Crippen LogP contribution in [0.25, 0.3) is 0 Å². The van der Waals surface area contributed by atoms with Crippen molar-refractivity contribution in [2.75, 3.05) is 0 Å². The summed E-state index contributed by atoms with van der Waals surface area (Å²) in [5, 5.41) is 8.51. The SMILES string of the molecule is CCC(C)C(C)[CH]O. The largest absolute Gasteiger partial charge is 0.390 e. The van der Waals surface area contributed by atoms with Crippen LogP contribution < -0.4 is 0 Å². The van der Waals surface area contributed by atoms with E-state index in [0.29, 0.717) is 11.8 Å². The van der Waals surface area contributed by atoms with Crippen molar-refractivity contribution in [2.45, 2.75) is 27.2 Å². The normalized spacial score (nSPS) is 18.0. The van der Waals surface area contributed by atoms with Crippen molar-refractivity contribution in [2.24, 2.45) is 11.8 Å². The molecule has 0 spiro atoms. The van der Waals surface area contributed by atoms with Crippen LogP contribution in [0.15, 0.2) is 0 Å². The number of hydrogen-bond acceptors (Lipinski definition) is 1. The molecule has 0 rings (SSSR count). The van der Waals surface area contributed by atoms with Gasteiger partial charge in [0.25, 0.3) is 0 Å². The molecule has 0 aromatic heterocycles. The Kier molecular flexibility index (Phi) is 3.88. The highest BCUT2D eigenvalue weighted by Gasteiger charge is 2.07. The summed E-state index contributed by atoms with van der Waals surface area (Å²) in [5.41, 5.74) is 0. The maximum absolute atomic E-state index is 8.51. The highest BCUT2D eigenvalue weighted by atomic mass is 16.3. The Bertz CT molecular complexity index is 44.3. The molecule has 0 amide bonds. The van der Waals surface area contributed by atoms with Gasteiger partial charge >= 0.3 is 0 Å². The van der Waals surface area contributed by atoms with Gasteiger partial charge in [0.05, 0.1) is 6.61 Å². The minimum Gasteiger partial charge on any atom is -0.390 e. The first-order valence-corrected chi connectivity index (χ1v) is 3.19. The van der Waals surface area contributed by atoms with Gasteiger partial charge in [0, 0.05) is 0 Å². The second-order valence-electron chi connectivity index (χ2n) is 2.39. The van der Waals surface area contributed by atoms with E-state index in [9.17, 15) is 0 Å². The van der Waals surface area contributed by atoms with Crippen LogP contribution in [0.1, 0.15) is 27.2 Å². The van der Waals surface area contributed by atoms with Crippen molar-refractivity contribution in [3.05, 3.63) is 6.61 Å². The van der Waals surface area contributed by atoms with Crippen LogP contribution in [0.2, 0.25) is 0 Å². The van der Waals surface area contributed by atoms with Crippen LogP contribution in [-0.4, -0.2) is 5.11 Å². The molecule has 0 saturated carbocycles. The monoisotopic (exact) mass is 115 g/mol. The number of rotatable bonds is 3. The third-order valence-corrected chi connectivity index (χ3v) is 1.78. The first kappa shape index (κ1) is 7.96. The molecule has 1 nitrogen and oxygen atoms in total. The highest BCUT2D eigenvalue weighted by molar-refractivity contribution is 4.65. The van der Waals surface area contributed by atoms with Crippen LogP contribution in [0.4, 0.5) is 0 Å². The molecule has 0 aliphatic carbocycles. The van der Waals surface area contributed by atoms with Gasteiger partial charge in [-0.05, 0) is 11.8 Å². The van der Waals surface area contributed by atoms with Crippen molar-refractivity contribution in [3.8, 4) is 0 Å². The molecule has 1 heteroatoms. The van der Waals surface area contributed by atoms with Gasteiger partial charge in [-0.25, -0.2) is 0 Å². The standard InChI is InChI=1S/C7H15O/c1-4-6(2)7(3)5-8/h5-8H,4H2,1-3H3. The van der Waals surface area contributed by atoms with Crippen molar-refractivity contribution < 1.29 is 5.11 Å². The summed E-state index contributed by atoms with van der Waals surface area (Å²) >= 11 is 0. The zero-order valence-corrected chi connectivity index (χ0v) is 5.89. The summed E-state index contributed by atoms with van der Waals surface area (Å²) < 4.78 is 0. The van der Waals surface area contributed by atoms with Gasteiger partial charge in [-0.1, -0.05) is 27.2 Å². The van der Waals surface area contributed by atoms with Crippen LogP contribution in [0.3, 0.4) is 0 Å². The average molecular weight is 115 g/mol. The average Bonchev–Trinajstić information content (AvgIpc) is 1.84. The van der Waals surface area contributed by atoms with E-state index in [2.05, 4.69) is 13.8 Å². The molecule has 2 unspecified atom stereocenters. The Balaban J connectivity index is 3.29. The van der Waals surface area contributed by atoms with Gasteiger partial charge in [0.15, 0.2) is 0 Å². The van der Waals surface area contributed by atoms with Crippen LogP contribution in [0, 0.1) is 18.4 Å². The molecule has 0 heterocycles. The third kappa shape index (κ3) is 2.31. The summed E-state index contributed by atoms with van der Waals surface area (Å²) in [7, 11) is 0. The van der Waals surface area contributed by atoms with E-state index >= 15 is 0 Å². The van der Waals surface area contributed by atoms with Gasteiger partial charge in [-0.15, -0.1) is 0 Å². The Labute approximate surface area is 51.7 Å². The molecule has 1 N–H and O–H groups in total. The second kappa shape index (κ2) is 3.90. The summed E-state index contributed by atoms with van der Waals surface area (Å²) in [5.74, 6) is 0.958. The predicted molar refractivity (Wildman–Crippen MR) is 34.9 cm³/mol. The quantitative estimate of drug-likeness (QED) is 0.597. The van der Waals surface area contributed by atoms with E-state index in [0.717, 1.165) is 6.42 Å². The summed E-state index contributed by atoms with van der Waals surface area (Å²) in [6.45, 7) is 7.56. The van der Waals surface area contributed by atoms with Crippen molar-refractivity contribution >= 4 is 0 Å². The fourth-order valence-electron chi connectivity index (χ4n) is 0.519. The molecule has 0 saturated heterocycles. The van der Waals surface area contributed by atoms with Gasteiger partial charge in [-0.3, -0.25) is 0 Å². The Morgan fingerprint density at radius 3 is 2.12 bits per heavy atom. The van der Waals surface area contributed by atoms with Gasteiger partial charge in [0.1, 0.15) is 0 Å². The summed E-state index contributed by atoms with van der Waals surface area (Å²) in [6, 6.07) is 0. The van der Waals surface area contributed by atoms with Crippen LogP contribution in [0.5, 0.6) is 0 Å². The highest BCUT2D eigenvalue weighted by Crippen LogP contribution is 2.14. The lowest BCUT2D eigenvalue weighted by Crippen LogP contribution is -2.06. The molecule has 0 bridgehead atoms. The summed E-state index contributed by atoms with van der Waals surface area (Å²) in [4.78, 5) is 0. The molecule has 0 aliphatic heterocycles. The molecule has 49 valence electrons. The van der Waals surface area contributed by atoms with Crippen molar-refractivity contribution in [1.82, 2.24) is 0 Å². The molecule has 1 radical (unpaired) electrons. The zero-order chi connectivity index (χ0) is 6.57. The minimum atomic E-state index is 0.347. The molecule has 0 fully saturated rings. The number of aliphatic hydroxyl groups excluding tert-OH is 1. The molecular weight excluding hydrogens is 100 g/mol. The molecule has 8 heavy (non-hydrogen) atoms. The molecule has 2 atom stereocenters. The zero-order valence-electron chi connectivity index (χ0n) is 5.89.